The predicted octanol–water partition coefficient (Wildman–Crippen LogP) is 5.64. The van der Waals surface area contributed by atoms with E-state index in [1.165, 1.54) is 48.8 Å². The Morgan fingerprint density at radius 1 is 0.905 bits per heavy atom. The van der Waals surface area contributed by atoms with E-state index in [0.29, 0.717) is 5.41 Å². The summed E-state index contributed by atoms with van der Waals surface area (Å²) in [5, 5.41) is 0. The summed E-state index contributed by atoms with van der Waals surface area (Å²) in [6, 6.07) is 19.8. The molecule has 106 valence electrons. The molecule has 2 aromatic rings. The van der Waals surface area contributed by atoms with Crippen molar-refractivity contribution < 1.29 is 0 Å². The standard InChI is InChI=1S/C21H22/c1-2-4-19(5-3-1)20-8-6-17(7-9-20)10-13-21-14-11-18(16-21)12-15-21/h1-9,11,14,18H,10,12-13,15-16H2. The highest BCUT2D eigenvalue weighted by Crippen LogP contribution is 2.51. The van der Waals surface area contributed by atoms with Crippen LogP contribution in [-0.4, -0.2) is 0 Å². The minimum atomic E-state index is 0.544. The fourth-order valence-corrected chi connectivity index (χ4v) is 4.05. The van der Waals surface area contributed by atoms with Crippen LogP contribution in [0.4, 0.5) is 0 Å². The maximum Gasteiger partial charge on any atom is -0.0109 e. The molecule has 4 rings (SSSR count). The maximum atomic E-state index is 2.51. The van der Waals surface area contributed by atoms with E-state index in [4.69, 9.17) is 0 Å². The molecule has 0 nitrogen and oxygen atoms in total. The smallest absolute Gasteiger partial charge is 0.0109 e. The van der Waals surface area contributed by atoms with Crippen molar-refractivity contribution >= 4 is 0 Å². The minimum Gasteiger partial charge on any atom is -0.0848 e. The molecule has 2 atom stereocenters. The van der Waals surface area contributed by atoms with E-state index >= 15 is 0 Å². The van der Waals surface area contributed by atoms with Gasteiger partial charge in [-0.25, -0.2) is 0 Å². The van der Waals surface area contributed by atoms with Gasteiger partial charge in [0.2, 0.25) is 0 Å². The van der Waals surface area contributed by atoms with Crippen molar-refractivity contribution in [3.8, 4) is 11.1 Å². The van der Waals surface area contributed by atoms with Gasteiger partial charge in [0.25, 0.3) is 0 Å². The van der Waals surface area contributed by atoms with Crippen LogP contribution in [0.2, 0.25) is 0 Å². The Hall–Kier alpha value is -1.82. The summed E-state index contributed by atoms with van der Waals surface area (Å²) in [6.45, 7) is 0. The van der Waals surface area contributed by atoms with E-state index in [9.17, 15) is 0 Å². The highest BCUT2D eigenvalue weighted by Gasteiger charge is 2.39. The molecule has 0 aromatic heterocycles. The van der Waals surface area contributed by atoms with Gasteiger partial charge in [0.15, 0.2) is 0 Å². The van der Waals surface area contributed by atoms with Gasteiger partial charge in [-0.15, -0.1) is 0 Å². The molecule has 0 N–H and O–H groups in total. The van der Waals surface area contributed by atoms with E-state index in [1.54, 1.807) is 0 Å². The Labute approximate surface area is 127 Å². The van der Waals surface area contributed by atoms with Gasteiger partial charge in [0.1, 0.15) is 0 Å². The van der Waals surface area contributed by atoms with Crippen molar-refractivity contribution in [2.75, 3.05) is 0 Å². The summed E-state index contributed by atoms with van der Waals surface area (Å²) in [7, 11) is 0. The monoisotopic (exact) mass is 274 g/mol. The van der Waals surface area contributed by atoms with Crippen LogP contribution in [0.1, 0.15) is 31.2 Å². The van der Waals surface area contributed by atoms with Gasteiger partial charge in [-0.3, -0.25) is 0 Å². The molecule has 1 fully saturated rings. The Kier molecular flexibility index (Phi) is 3.18. The molecule has 2 unspecified atom stereocenters. The van der Waals surface area contributed by atoms with E-state index in [2.05, 4.69) is 66.7 Å². The van der Waals surface area contributed by atoms with Crippen molar-refractivity contribution in [3.05, 3.63) is 72.3 Å². The molecule has 2 bridgehead atoms. The van der Waals surface area contributed by atoms with Crippen LogP contribution in [0.15, 0.2) is 66.7 Å². The molecule has 2 aliphatic rings. The van der Waals surface area contributed by atoms with Crippen molar-refractivity contribution in [2.24, 2.45) is 11.3 Å². The van der Waals surface area contributed by atoms with Crippen LogP contribution in [0.3, 0.4) is 0 Å². The zero-order valence-corrected chi connectivity index (χ0v) is 12.5. The molecular formula is C21H22. The first-order chi connectivity index (χ1) is 10.3. The topological polar surface area (TPSA) is 0 Å². The minimum absolute atomic E-state index is 0.544. The number of hydrogen-bond donors (Lipinski definition) is 0. The van der Waals surface area contributed by atoms with E-state index in [1.807, 2.05) is 0 Å². The number of fused-ring (bicyclic) bond motifs is 2. The molecule has 0 saturated heterocycles. The third-order valence-corrected chi connectivity index (χ3v) is 5.38. The number of benzene rings is 2. The molecule has 0 spiro atoms. The van der Waals surface area contributed by atoms with Crippen molar-refractivity contribution in [3.63, 3.8) is 0 Å². The van der Waals surface area contributed by atoms with Crippen LogP contribution < -0.4 is 0 Å². The highest BCUT2D eigenvalue weighted by molar-refractivity contribution is 5.63. The summed E-state index contributed by atoms with van der Waals surface area (Å²) < 4.78 is 0. The Balaban J connectivity index is 1.44. The Morgan fingerprint density at radius 2 is 1.67 bits per heavy atom. The highest BCUT2D eigenvalue weighted by atomic mass is 14.4. The first kappa shape index (κ1) is 12.9. The van der Waals surface area contributed by atoms with E-state index in [0.717, 1.165) is 5.92 Å². The quantitative estimate of drug-likeness (QED) is 0.633. The van der Waals surface area contributed by atoms with Gasteiger partial charge in [0, 0.05) is 0 Å². The number of hydrogen-bond acceptors (Lipinski definition) is 0. The average Bonchev–Trinajstić information content (AvgIpc) is 3.16. The second-order valence-corrected chi connectivity index (χ2v) is 6.79. The van der Waals surface area contributed by atoms with Crippen LogP contribution >= 0.6 is 0 Å². The number of aryl methyl sites for hydroxylation is 1. The molecule has 2 aliphatic carbocycles. The normalized spacial score (nSPS) is 26.4. The molecular weight excluding hydrogens is 252 g/mol. The lowest BCUT2D eigenvalue weighted by Crippen LogP contribution is -2.12. The lowest BCUT2D eigenvalue weighted by molar-refractivity contribution is 0.370. The van der Waals surface area contributed by atoms with Crippen LogP contribution in [0, 0.1) is 11.3 Å². The summed E-state index contributed by atoms with van der Waals surface area (Å²) in [4.78, 5) is 0. The fraction of sp³-hybridized carbons (Fsp3) is 0.333. The average molecular weight is 274 g/mol. The van der Waals surface area contributed by atoms with Gasteiger partial charge in [-0.2, -0.15) is 0 Å². The molecule has 1 saturated carbocycles. The number of allylic oxidation sites excluding steroid dienone is 2. The summed E-state index contributed by atoms with van der Waals surface area (Å²) in [6.07, 6.45) is 11.8. The zero-order chi connectivity index (χ0) is 14.1. The lowest BCUT2D eigenvalue weighted by Gasteiger charge is -2.23. The second-order valence-electron chi connectivity index (χ2n) is 6.79. The summed E-state index contributed by atoms with van der Waals surface area (Å²) >= 11 is 0. The van der Waals surface area contributed by atoms with Crippen molar-refractivity contribution in [1.29, 1.82) is 0 Å². The Bertz CT molecular complexity index is 635. The van der Waals surface area contributed by atoms with E-state index < -0.39 is 0 Å². The van der Waals surface area contributed by atoms with Gasteiger partial charge >= 0.3 is 0 Å². The third kappa shape index (κ3) is 2.55. The van der Waals surface area contributed by atoms with Crippen LogP contribution in [-0.2, 0) is 6.42 Å². The van der Waals surface area contributed by atoms with Crippen molar-refractivity contribution in [2.45, 2.75) is 32.1 Å². The molecule has 0 heterocycles. The third-order valence-electron chi connectivity index (χ3n) is 5.38. The predicted molar refractivity (Wildman–Crippen MR) is 89.1 cm³/mol. The Morgan fingerprint density at radius 3 is 2.29 bits per heavy atom. The summed E-state index contributed by atoms with van der Waals surface area (Å²) in [5.41, 5.74) is 4.65. The first-order valence-electron chi connectivity index (χ1n) is 8.17. The lowest BCUT2D eigenvalue weighted by atomic mass is 9.82. The summed E-state index contributed by atoms with van der Waals surface area (Å²) in [5.74, 6) is 0.894. The van der Waals surface area contributed by atoms with Crippen LogP contribution in [0.25, 0.3) is 11.1 Å². The molecule has 0 amide bonds. The van der Waals surface area contributed by atoms with Gasteiger partial charge in [0.05, 0.1) is 0 Å². The van der Waals surface area contributed by atoms with Crippen molar-refractivity contribution in [1.82, 2.24) is 0 Å². The zero-order valence-electron chi connectivity index (χ0n) is 12.5. The second kappa shape index (κ2) is 5.18. The SMILES string of the molecule is C1=CC2(CCc3ccc(-c4ccccc4)cc3)CCC1C2. The molecule has 0 aliphatic heterocycles. The van der Waals surface area contributed by atoms with Gasteiger partial charge in [-0.05, 0) is 60.1 Å². The molecule has 0 radical (unpaired) electrons. The molecule has 21 heavy (non-hydrogen) atoms. The largest absolute Gasteiger partial charge is 0.0848 e. The van der Waals surface area contributed by atoms with Gasteiger partial charge in [-0.1, -0.05) is 66.7 Å². The maximum absolute atomic E-state index is 2.51. The van der Waals surface area contributed by atoms with Crippen LogP contribution in [0.5, 0.6) is 0 Å². The number of rotatable bonds is 4. The fourth-order valence-electron chi connectivity index (χ4n) is 4.05. The molecule has 0 heteroatoms. The molecule has 2 aromatic carbocycles. The van der Waals surface area contributed by atoms with Gasteiger partial charge < -0.3 is 0 Å². The van der Waals surface area contributed by atoms with E-state index in [-0.39, 0.29) is 0 Å². The first-order valence-corrected chi connectivity index (χ1v) is 8.17.